The second-order valence-electron chi connectivity index (χ2n) is 4.14. The number of amides is 1. The first-order chi connectivity index (χ1) is 8.78. The molecule has 3 nitrogen and oxygen atoms in total. The van der Waals surface area contributed by atoms with Crippen LogP contribution in [0, 0.1) is 5.92 Å². The number of alkyl halides is 3. The fourth-order valence-electron chi connectivity index (χ4n) is 1.83. The number of thioether (sulfide) groups is 1. The summed E-state index contributed by atoms with van der Waals surface area (Å²) in [4.78, 5) is 11.7. The van der Waals surface area contributed by atoms with E-state index < -0.39 is 5.51 Å². The Morgan fingerprint density at radius 1 is 1.26 bits per heavy atom. The molecule has 1 aliphatic heterocycles. The molecule has 1 aromatic rings. The molecule has 1 unspecified atom stereocenters. The summed E-state index contributed by atoms with van der Waals surface area (Å²) in [6, 6.07) is 5.86. The van der Waals surface area contributed by atoms with Crippen LogP contribution in [-0.4, -0.2) is 29.2 Å². The Morgan fingerprint density at radius 2 is 1.84 bits per heavy atom. The molecule has 1 atom stereocenters. The number of hydrazone groups is 1. The zero-order chi connectivity index (χ0) is 14.2. The summed E-state index contributed by atoms with van der Waals surface area (Å²) < 4.78 is 36.6. The van der Waals surface area contributed by atoms with Gasteiger partial charge in [-0.15, -0.1) is 0 Å². The second kappa shape index (κ2) is 4.88. The van der Waals surface area contributed by atoms with Crippen molar-refractivity contribution in [3.8, 4) is 0 Å². The van der Waals surface area contributed by atoms with E-state index in [1.54, 1.807) is 26.1 Å². The molecular weight excluding hydrogens is 277 g/mol. The topological polar surface area (TPSA) is 32.7 Å². The Labute approximate surface area is 112 Å². The second-order valence-corrected chi connectivity index (χ2v) is 5.28. The summed E-state index contributed by atoms with van der Waals surface area (Å²) in [5, 5.41) is 5.34. The number of benzene rings is 1. The molecule has 2 rings (SSSR count). The highest BCUT2D eigenvalue weighted by Gasteiger charge is 2.31. The largest absolute Gasteiger partial charge is 0.446 e. The quantitative estimate of drug-likeness (QED) is 0.783. The highest BCUT2D eigenvalue weighted by Crippen LogP contribution is 2.36. The maximum atomic E-state index is 12.2. The Hall–Kier alpha value is -1.50. The van der Waals surface area contributed by atoms with Gasteiger partial charge in [-0.3, -0.25) is 4.79 Å². The molecule has 0 N–H and O–H groups in total. The van der Waals surface area contributed by atoms with E-state index in [0.717, 1.165) is 0 Å². The van der Waals surface area contributed by atoms with Crippen molar-refractivity contribution in [3.63, 3.8) is 0 Å². The van der Waals surface area contributed by atoms with Crippen LogP contribution in [0.15, 0.2) is 34.3 Å². The van der Waals surface area contributed by atoms with Crippen LogP contribution in [0.3, 0.4) is 0 Å². The monoisotopic (exact) mass is 288 g/mol. The molecule has 7 heteroatoms. The number of hydrogen-bond acceptors (Lipinski definition) is 3. The maximum Gasteiger partial charge on any atom is 0.446 e. The number of carbonyl (C=O) groups excluding carboxylic acids is 1. The van der Waals surface area contributed by atoms with Crippen molar-refractivity contribution in [1.82, 2.24) is 5.01 Å². The van der Waals surface area contributed by atoms with E-state index in [0.29, 0.717) is 11.3 Å². The van der Waals surface area contributed by atoms with Crippen LogP contribution in [0.2, 0.25) is 0 Å². The van der Waals surface area contributed by atoms with Crippen LogP contribution < -0.4 is 0 Å². The van der Waals surface area contributed by atoms with Crippen LogP contribution in [-0.2, 0) is 4.79 Å². The molecule has 1 amide bonds. The standard InChI is InChI=1S/C12H11F3N2OS/c1-7-10(16-17(2)11(7)18)8-3-5-9(6-4-8)19-12(13,14)15/h3-7H,1-2H3. The Kier molecular flexibility index (Phi) is 3.58. The minimum absolute atomic E-state index is 0.113. The first-order valence-electron chi connectivity index (χ1n) is 5.50. The molecule has 1 aromatic carbocycles. The van der Waals surface area contributed by atoms with Crippen LogP contribution in [0.1, 0.15) is 12.5 Å². The summed E-state index contributed by atoms with van der Waals surface area (Å²) in [5.41, 5.74) is -3.05. The Bertz CT molecular complexity index is 525. The lowest BCUT2D eigenvalue weighted by atomic mass is 9.99. The lowest BCUT2D eigenvalue weighted by Crippen LogP contribution is -2.22. The molecular formula is C12H11F3N2OS. The van der Waals surface area contributed by atoms with Crippen LogP contribution in [0.25, 0.3) is 0 Å². The van der Waals surface area contributed by atoms with Gasteiger partial charge in [-0.1, -0.05) is 12.1 Å². The average Bonchev–Trinajstić information content (AvgIpc) is 2.56. The third-order valence-electron chi connectivity index (χ3n) is 2.74. The summed E-state index contributed by atoms with van der Waals surface area (Å²) >= 11 is -0.163. The van der Waals surface area contributed by atoms with Crippen molar-refractivity contribution >= 4 is 23.4 Å². The molecule has 0 saturated heterocycles. The van der Waals surface area contributed by atoms with Crippen molar-refractivity contribution < 1.29 is 18.0 Å². The van der Waals surface area contributed by atoms with Gasteiger partial charge in [0.2, 0.25) is 0 Å². The lowest BCUT2D eigenvalue weighted by molar-refractivity contribution is -0.130. The first kappa shape index (κ1) is 13.9. The third kappa shape index (κ3) is 3.09. The van der Waals surface area contributed by atoms with Gasteiger partial charge in [-0.2, -0.15) is 18.3 Å². The number of halogens is 3. The van der Waals surface area contributed by atoms with Crippen molar-refractivity contribution in [2.75, 3.05) is 7.05 Å². The summed E-state index contributed by atoms with van der Waals surface area (Å²) in [7, 11) is 1.56. The predicted molar refractivity (Wildman–Crippen MR) is 66.8 cm³/mol. The zero-order valence-corrected chi connectivity index (χ0v) is 11.0. The van der Waals surface area contributed by atoms with E-state index in [4.69, 9.17) is 0 Å². The highest BCUT2D eigenvalue weighted by molar-refractivity contribution is 8.00. The van der Waals surface area contributed by atoms with Gasteiger partial charge in [0.15, 0.2) is 0 Å². The Balaban J connectivity index is 2.20. The van der Waals surface area contributed by atoms with Gasteiger partial charge in [-0.05, 0) is 36.4 Å². The van der Waals surface area contributed by atoms with Gasteiger partial charge in [-0.25, -0.2) is 5.01 Å². The average molecular weight is 288 g/mol. The molecule has 19 heavy (non-hydrogen) atoms. The summed E-state index contributed by atoms with van der Waals surface area (Å²) in [6.07, 6.45) is 0. The molecule has 0 aromatic heterocycles. The molecule has 0 spiro atoms. The fourth-order valence-corrected chi connectivity index (χ4v) is 2.37. The fraction of sp³-hybridized carbons (Fsp3) is 0.333. The number of nitrogens with zero attached hydrogens (tertiary/aromatic N) is 2. The van der Waals surface area contributed by atoms with Gasteiger partial charge >= 0.3 is 5.51 Å². The molecule has 0 bridgehead atoms. The first-order valence-corrected chi connectivity index (χ1v) is 6.32. The van der Waals surface area contributed by atoms with Gasteiger partial charge in [0, 0.05) is 11.9 Å². The minimum atomic E-state index is -4.30. The Morgan fingerprint density at radius 3 is 2.26 bits per heavy atom. The molecule has 0 radical (unpaired) electrons. The van der Waals surface area contributed by atoms with E-state index in [1.807, 2.05) is 0 Å². The predicted octanol–water partition coefficient (Wildman–Crippen LogP) is 3.11. The van der Waals surface area contributed by atoms with E-state index in [-0.39, 0.29) is 28.5 Å². The van der Waals surface area contributed by atoms with Crippen molar-refractivity contribution in [3.05, 3.63) is 29.8 Å². The van der Waals surface area contributed by atoms with Crippen LogP contribution >= 0.6 is 11.8 Å². The van der Waals surface area contributed by atoms with E-state index in [2.05, 4.69) is 5.10 Å². The molecule has 0 fully saturated rings. The van der Waals surface area contributed by atoms with Gasteiger partial charge in [0.25, 0.3) is 5.91 Å². The molecule has 1 aliphatic rings. The zero-order valence-electron chi connectivity index (χ0n) is 10.2. The van der Waals surface area contributed by atoms with Crippen LogP contribution in [0.5, 0.6) is 0 Å². The lowest BCUT2D eigenvalue weighted by Gasteiger charge is -2.07. The molecule has 102 valence electrons. The maximum absolute atomic E-state index is 12.2. The smallest absolute Gasteiger partial charge is 0.272 e. The molecule has 0 saturated carbocycles. The van der Waals surface area contributed by atoms with E-state index >= 15 is 0 Å². The number of rotatable bonds is 2. The van der Waals surface area contributed by atoms with E-state index in [1.165, 1.54) is 17.1 Å². The van der Waals surface area contributed by atoms with Gasteiger partial charge in [0.05, 0.1) is 11.6 Å². The van der Waals surface area contributed by atoms with Crippen molar-refractivity contribution in [2.24, 2.45) is 11.0 Å². The van der Waals surface area contributed by atoms with E-state index in [9.17, 15) is 18.0 Å². The number of carbonyl (C=O) groups is 1. The molecule has 0 aliphatic carbocycles. The normalized spacial score (nSPS) is 19.8. The number of hydrogen-bond donors (Lipinski definition) is 0. The van der Waals surface area contributed by atoms with Crippen LogP contribution in [0.4, 0.5) is 13.2 Å². The minimum Gasteiger partial charge on any atom is -0.272 e. The summed E-state index contributed by atoms with van der Waals surface area (Å²) in [5.74, 6) is -0.491. The molecule has 1 heterocycles. The van der Waals surface area contributed by atoms with Gasteiger partial charge < -0.3 is 0 Å². The van der Waals surface area contributed by atoms with Gasteiger partial charge in [0.1, 0.15) is 0 Å². The SMILES string of the molecule is CC1C(=O)N(C)N=C1c1ccc(SC(F)(F)F)cc1. The third-order valence-corrected chi connectivity index (χ3v) is 3.48. The highest BCUT2D eigenvalue weighted by atomic mass is 32.2. The summed E-state index contributed by atoms with van der Waals surface area (Å²) in [6.45, 7) is 1.73. The van der Waals surface area contributed by atoms with Crippen molar-refractivity contribution in [2.45, 2.75) is 17.3 Å². The van der Waals surface area contributed by atoms with Crippen molar-refractivity contribution in [1.29, 1.82) is 0 Å².